The average molecular weight is 444 g/mol. The predicted molar refractivity (Wildman–Crippen MR) is 105 cm³/mol. The van der Waals surface area contributed by atoms with Crippen LogP contribution in [-0.4, -0.2) is 33.4 Å². The van der Waals surface area contributed by atoms with Crippen molar-refractivity contribution >= 4 is 17.2 Å². The summed E-state index contributed by atoms with van der Waals surface area (Å²) >= 11 is 5.85. The molecule has 0 unspecified atom stereocenters. The van der Waals surface area contributed by atoms with E-state index < -0.39 is 17.3 Å². The number of pyridine rings is 1. The van der Waals surface area contributed by atoms with E-state index in [1.54, 1.807) is 45.0 Å². The molecular weight excluding hydrogens is 423 g/mol. The Kier molecular flexibility index (Phi) is 6.42. The second-order valence-corrected chi connectivity index (χ2v) is 7.54. The molecule has 2 aromatic heterocycles. The lowest BCUT2D eigenvalue weighted by atomic mass is 10.1. The van der Waals surface area contributed by atoms with Crippen molar-refractivity contribution < 1.29 is 27.4 Å². The van der Waals surface area contributed by atoms with Gasteiger partial charge < -0.3 is 14.2 Å². The van der Waals surface area contributed by atoms with Gasteiger partial charge in [-0.15, -0.1) is 10.2 Å². The van der Waals surface area contributed by atoms with Crippen LogP contribution in [0.5, 0.6) is 11.5 Å². The largest absolute Gasteiger partial charge is 0.489 e. The number of alkyl halides is 3. The van der Waals surface area contributed by atoms with E-state index in [1.165, 1.54) is 16.7 Å². The van der Waals surface area contributed by atoms with Crippen LogP contribution in [-0.2, 0) is 17.5 Å². The topological polar surface area (TPSA) is 57.9 Å². The lowest BCUT2D eigenvalue weighted by Gasteiger charge is -2.27. The summed E-state index contributed by atoms with van der Waals surface area (Å²) in [5.41, 5.74) is -2.25. The van der Waals surface area contributed by atoms with E-state index in [0.29, 0.717) is 17.4 Å². The Morgan fingerprint density at radius 2 is 1.77 bits per heavy atom. The summed E-state index contributed by atoms with van der Waals surface area (Å²) in [6.07, 6.45) is -3.25. The van der Waals surface area contributed by atoms with Gasteiger partial charge in [-0.25, -0.2) is 0 Å². The van der Waals surface area contributed by atoms with E-state index in [4.69, 9.17) is 25.8 Å². The summed E-state index contributed by atoms with van der Waals surface area (Å²) in [5.74, 6) is 0.450. The van der Waals surface area contributed by atoms with Crippen LogP contribution in [0.3, 0.4) is 0 Å². The number of hydrogen-bond acceptors (Lipinski definition) is 5. The van der Waals surface area contributed by atoms with Crippen LogP contribution in [0.1, 0.15) is 32.2 Å². The monoisotopic (exact) mass is 443 g/mol. The van der Waals surface area contributed by atoms with Crippen LogP contribution in [0, 0.1) is 0 Å². The molecule has 0 radical (unpaired) electrons. The first-order valence-corrected chi connectivity index (χ1v) is 9.57. The predicted octanol–water partition coefficient (Wildman–Crippen LogP) is 5.17. The van der Waals surface area contributed by atoms with Gasteiger partial charge in [0.1, 0.15) is 35.9 Å². The van der Waals surface area contributed by atoms with Gasteiger partial charge in [-0.3, -0.25) is 4.40 Å². The average Bonchev–Trinajstić information content (AvgIpc) is 3.08. The molecule has 2 heterocycles. The summed E-state index contributed by atoms with van der Waals surface area (Å²) < 4.78 is 59.3. The molecule has 0 fully saturated rings. The van der Waals surface area contributed by atoms with Gasteiger partial charge in [-0.1, -0.05) is 11.6 Å². The molecule has 30 heavy (non-hydrogen) atoms. The number of fused-ring (bicyclic) bond motifs is 1. The number of rotatable bonds is 8. The molecule has 0 amide bonds. The standard InChI is InChI=1S/C20H21ClF3N3O3/c1-4-28-11-16-25-26-18-17(20(22,23)24)15(9-10-27(16)18)29-12-19(2,3)30-14-7-5-13(21)6-8-14/h5-10H,4,11-12H2,1-3H3. The number of ether oxygens (including phenoxy) is 3. The first-order valence-electron chi connectivity index (χ1n) is 9.19. The summed E-state index contributed by atoms with van der Waals surface area (Å²) in [4.78, 5) is 0. The normalized spacial score (nSPS) is 12.4. The van der Waals surface area contributed by atoms with E-state index in [9.17, 15) is 13.2 Å². The van der Waals surface area contributed by atoms with E-state index in [0.717, 1.165) is 0 Å². The highest BCUT2D eigenvalue weighted by atomic mass is 35.5. The molecule has 0 atom stereocenters. The Morgan fingerprint density at radius 3 is 2.40 bits per heavy atom. The van der Waals surface area contributed by atoms with Crippen molar-refractivity contribution in [3.05, 3.63) is 52.9 Å². The zero-order valence-electron chi connectivity index (χ0n) is 16.7. The molecule has 6 nitrogen and oxygen atoms in total. The molecule has 0 aliphatic carbocycles. The third-order valence-corrected chi connectivity index (χ3v) is 4.37. The van der Waals surface area contributed by atoms with Crippen LogP contribution < -0.4 is 9.47 Å². The highest BCUT2D eigenvalue weighted by Crippen LogP contribution is 2.39. The van der Waals surface area contributed by atoms with Crippen molar-refractivity contribution in [2.45, 2.75) is 39.2 Å². The maximum absolute atomic E-state index is 13.8. The molecule has 10 heteroatoms. The van der Waals surface area contributed by atoms with Crippen molar-refractivity contribution in [1.82, 2.24) is 14.6 Å². The zero-order chi connectivity index (χ0) is 21.9. The van der Waals surface area contributed by atoms with Gasteiger partial charge >= 0.3 is 6.18 Å². The first kappa shape index (κ1) is 22.2. The molecule has 1 aromatic carbocycles. The second kappa shape index (κ2) is 8.69. The van der Waals surface area contributed by atoms with Gasteiger partial charge in [0.25, 0.3) is 0 Å². The second-order valence-electron chi connectivity index (χ2n) is 7.10. The van der Waals surface area contributed by atoms with E-state index in [1.807, 2.05) is 0 Å². The van der Waals surface area contributed by atoms with Crippen LogP contribution >= 0.6 is 11.6 Å². The van der Waals surface area contributed by atoms with Gasteiger partial charge in [-0.05, 0) is 51.1 Å². The van der Waals surface area contributed by atoms with Gasteiger partial charge in [0.2, 0.25) is 0 Å². The number of nitrogens with zero attached hydrogens (tertiary/aromatic N) is 3. The lowest BCUT2D eigenvalue weighted by molar-refractivity contribution is -0.138. The molecule has 0 spiro atoms. The minimum Gasteiger partial charge on any atom is -0.489 e. The summed E-state index contributed by atoms with van der Waals surface area (Å²) in [6, 6.07) is 7.91. The quantitative estimate of drug-likeness (QED) is 0.480. The maximum atomic E-state index is 13.8. The van der Waals surface area contributed by atoms with Crippen molar-refractivity contribution in [3.63, 3.8) is 0 Å². The van der Waals surface area contributed by atoms with Crippen LogP contribution in [0.25, 0.3) is 5.65 Å². The maximum Gasteiger partial charge on any atom is 0.423 e. The van der Waals surface area contributed by atoms with Gasteiger partial charge in [-0.2, -0.15) is 13.2 Å². The third-order valence-electron chi connectivity index (χ3n) is 4.11. The van der Waals surface area contributed by atoms with Gasteiger partial charge in [0, 0.05) is 17.8 Å². The van der Waals surface area contributed by atoms with Gasteiger partial charge in [0.05, 0.1) is 0 Å². The third kappa shape index (κ3) is 5.14. The summed E-state index contributed by atoms with van der Waals surface area (Å²) in [5, 5.41) is 8.08. The van der Waals surface area contributed by atoms with E-state index in [-0.39, 0.29) is 30.4 Å². The van der Waals surface area contributed by atoms with E-state index >= 15 is 0 Å². The number of halogens is 4. The fraction of sp³-hybridized carbons (Fsp3) is 0.400. The SMILES string of the molecule is CCOCc1nnc2c(C(F)(F)F)c(OCC(C)(C)Oc3ccc(Cl)cc3)ccn12. The molecular formula is C20H21ClF3N3O3. The molecule has 3 aromatic rings. The Labute approximate surface area is 176 Å². The van der Waals surface area contributed by atoms with Crippen molar-refractivity contribution in [3.8, 4) is 11.5 Å². The van der Waals surface area contributed by atoms with Crippen molar-refractivity contribution in [2.75, 3.05) is 13.2 Å². The lowest BCUT2D eigenvalue weighted by Crippen LogP contribution is -2.35. The van der Waals surface area contributed by atoms with E-state index in [2.05, 4.69) is 10.2 Å². The molecule has 0 saturated carbocycles. The van der Waals surface area contributed by atoms with Crippen LogP contribution in [0.4, 0.5) is 13.2 Å². The highest BCUT2D eigenvalue weighted by Gasteiger charge is 2.39. The van der Waals surface area contributed by atoms with Crippen LogP contribution in [0.2, 0.25) is 5.02 Å². The molecule has 162 valence electrons. The number of benzene rings is 1. The molecule has 0 N–H and O–H groups in total. The summed E-state index contributed by atoms with van der Waals surface area (Å²) in [6.45, 7) is 5.54. The number of hydrogen-bond donors (Lipinski definition) is 0. The Bertz CT molecular complexity index is 1000. The summed E-state index contributed by atoms with van der Waals surface area (Å²) in [7, 11) is 0. The smallest absolute Gasteiger partial charge is 0.423 e. The zero-order valence-corrected chi connectivity index (χ0v) is 17.4. The Morgan fingerprint density at radius 1 is 1.07 bits per heavy atom. The molecule has 0 aliphatic rings. The minimum absolute atomic E-state index is 0.0527. The molecule has 0 bridgehead atoms. The fourth-order valence-electron chi connectivity index (χ4n) is 2.77. The van der Waals surface area contributed by atoms with Gasteiger partial charge in [0.15, 0.2) is 11.5 Å². The fourth-order valence-corrected chi connectivity index (χ4v) is 2.89. The highest BCUT2D eigenvalue weighted by molar-refractivity contribution is 6.30. The van der Waals surface area contributed by atoms with Crippen LogP contribution in [0.15, 0.2) is 36.5 Å². The minimum atomic E-state index is -4.69. The molecule has 0 saturated heterocycles. The van der Waals surface area contributed by atoms with Crippen molar-refractivity contribution in [1.29, 1.82) is 0 Å². The Hall–Kier alpha value is -2.52. The number of aromatic nitrogens is 3. The molecule has 3 rings (SSSR count). The Balaban J connectivity index is 1.85. The molecule has 0 aliphatic heterocycles. The van der Waals surface area contributed by atoms with Crippen molar-refractivity contribution in [2.24, 2.45) is 0 Å². The first-order chi connectivity index (χ1) is 14.1.